The second-order valence-corrected chi connectivity index (χ2v) is 22.4. The zero-order chi connectivity index (χ0) is 55.7. The third-order valence-electron chi connectivity index (χ3n) is 14.7. The van der Waals surface area contributed by atoms with Gasteiger partial charge in [-0.2, -0.15) is 0 Å². The van der Waals surface area contributed by atoms with E-state index in [2.05, 4.69) is 93.7 Å². The summed E-state index contributed by atoms with van der Waals surface area (Å²) >= 11 is 0. The fourth-order valence-electron chi connectivity index (χ4n) is 9.64. The number of hydrogen-bond donors (Lipinski definition) is 0. The highest BCUT2D eigenvalue weighted by Gasteiger charge is 2.19. The number of esters is 3. The summed E-state index contributed by atoms with van der Waals surface area (Å²) in [5.41, 5.74) is 0. The van der Waals surface area contributed by atoms with Crippen LogP contribution in [0.2, 0.25) is 0 Å². The van der Waals surface area contributed by atoms with E-state index in [1.54, 1.807) is 0 Å². The Morgan fingerprint density at radius 2 is 0.468 bits per heavy atom. The third-order valence-corrected chi connectivity index (χ3v) is 14.7. The van der Waals surface area contributed by atoms with Crippen LogP contribution in [0.3, 0.4) is 0 Å². The van der Waals surface area contributed by atoms with Crippen molar-refractivity contribution in [2.45, 2.75) is 348 Å². The van der Waals surface area contributed by atoms with Crippen LogP contribution in [0.15, 0.2) is 72.9 Å². The molecule has 0 rings (SSSR count). The van der Waals surface area contributed by atoms with Gasteiger partial charge < -0.3 is 14.2 Å². The molecule has 0 aromatic carbocycles. The van der Waals surface area contributed by atoms with Gasteiger partial charge in [-0.15, -0.1) is 0 Å². The highest BCUT2D eigenvalue weighted by molar-refractivity contribution is 5.71. The molecular formula is C71H126O6. The molecule has 446 valence electrons. The lowest BCUT2D eigenvalue weighted by Crippen LogP contribution is -2.30. The van der Waals surface area contributed by atoms with E-state index in [1.165, 1.54) is 205 Å². The summed E-state index contributed by atoms with van der Waals surface area (Å²) in [6, 6.07) is 0. The first kappa shape index (κ1) is 73.8. The van der Waals surface area contributed by atoms with Crippen molar-refractivity contribution in [3.8, 4) is 0 Å². The Labute approximate surface area is 478 Å². The van der Waals surface area contributed by atoms with Crippen molar-refractivity contribution in [1.82, 2.24) is 0 Å². The Morgan fingerprint density at radius 3 is 0.727 bits per heavy atom. The maximum absolute atomic E-state index is 12.9. The monoisotopic (exact) mass is 1070 g/mol. The van der Waals surface area contributed by atoms with Gasteiger partial charge in [-0.05, 0) is 96.3 Å². The maximum atomic E-state index is 12.9. The van der Waals surface area contributed by atoms with Crippen molar-refractivity contribution in [2.24, 2.45) is 0 Å². The van der Waals surface area contributed by atoms with E-state index in [0.717, 1.165) is 96.3 Å². The van der Waals surface area contributed by atoms with Crippen LogP contribution in [0.1, 0.15) is 342 Å². The molecule has 1 unspecified atom stereocenters. The number of unbranched alkanes of at least 4 members (excludes halogenated alkanes) is 38. The molecule has 1 atom stereocenters. The van der Waals surface area contributed by atoms with E-state index in [1.807, 2.05) is 0 Å². The van der Waals surface area contributed by atoms with Crippen molar-refractivity contribution in [3.63, 3.8) is 0 Å². The number of allylic oxidation sites excluding steroid dienone is 12. The van der Waals surface area contributed by atoms with Gasteiger partial charge in [0.1, 0.15) is 13.2 Å². The average molecular weight is 1080 g/mol. The molecule has 77 heavy (non-hydrogen) atoms. The fraction of sp³-hybridized carbons (Fsp3) is 0.789. The normalized spacial score (nSPS) is 12.5. The van der Waals surface area contributed by atoms with Crippen LogP contribution in [-0.2, 0) is 28.6 Å². The predicted octanol–water partition coefficient (Wildman–Crippen LogP) is 22.9. The molecule has 0 radical (unpaired) electrons. The minimum absolute atomic E-state index is 0.0782. The topological polar surface area (TPSA) is 78.9 Å². The number of rotatable bonds is 61. The zero-order valence-electron chi connectivity index (χ0n) is 51.2. The smallest absolute Gasteiger partial charge is 0.306 e. The lowest BCUT2D eigenvalue weighted by molar-refractivity contribution is -0.167. The average Bonchev–Trinajstić information content (AvgIpc) is 3.43. The summed E-state index contributed by atoms with van der Waals surface area (Å²) < 4.78 is 16.9. The molecule has 0 aromatic heterocycles. The van der Waals surface area contributed by atoms with Crippen molar-refractivity contribution < 1.29 is 28.6 Å². The van der Waals surface area contributed by atoms with Crippen molar-refractivity contribution in [3.05, 3.63) is 72.9 Å². The van der Waals surface area contributed by atoms with E-state index in [4.69, 9.17) is 14.2 Å². The molecule has 0 aromatic rings. The predicted molar refractivity (Wildman–Crippen MR) is 335 cm³/mol. The first-order valence-corrected chi connectivity index (χ1v) is 33.4. The van der Waals surface area contributed by atoms with E-state index in [0.29, 0.717) is 19.3 Å². The minimum atomic E-state index is -0.782. The molecule has 0 saturated carbocycles. The second kappa shape index (κ2) is 65.4. The van der Waals surface area contributed by atoms with Crippen LogP contribution >= 0.6 is 0 Å². The van der Waals surface area contributed by atoms with Gasteiger partial charge in [-0.3, -0.25) is 14.4 Å². The number of hydrogen-bond acceptors (Lipinski definition) is 6. The Hall–Kier alpha value is -3.15. The number of ether oxygens (including phenoxy) is 3. The largest absolute Gasteiger partial charge is 0.462 e. The van der Waals surface area contributed by atoms with Crippen LogP contribution < -0.4 is 0 Å². The Bertz CT molecular complexity index is 1420. The third kappa shape index (κ3) is 63.6. The van der Waals surface area contributed by atoms with Gasteiger partial charge in [0.2, 0.25) is 0 Å². The van der Waals surface area contributed by atoms with Gasteiger partial charge in [0.05, 0.1) is 0 Å². The SMILES string of the molecule is CCCCCCC/C=C\C/C=C\C/C=C\CCCCCCCCCCCCCCC(=O)OCC(COC(=O)CCCCCCCCCCCCC)OC(=O)CCCCCCCC/C=C\C/C=C\C/C=C\CCCCCCC. The summed E-state index contributed by atoms with van der Waals surface area (Å²) in [6.07, 6.45) is 84.9. The van der Waals surface area contributed by atoms with Crippen LogP contribution in [0.25, 0.3) is 0 Å². The molecule has 0 aliphatic rings. The van der Waals surface area contributed by atoms with Crippen molar-refractivity contribution in [2.75, 3.05) is 13.2 Å². The van der Waals surface area contributed by atoms with E-state index in [9.17, 15) is 14.4 Å². The Morgan fingerprint density at radius 1 is 0.260 bits per heavy atom. The minimum Gasteiger partial charge on any atom is -0.462 e. The molecule has 0 bridgehead atoms. The van der Waals surface area contributed by atoms with E-state index >= 15 is 0 Å². The lowest BCUT2D eigenvalue weighted by Gasteiger charge is -2.18. The molecular weight excluding hydrogens is 949 g/mol. The Kier molecular flexibility index (Phi) is 62.7. The molecule has 0 saturated heterocycles. The van der Waals surface area contributed by atoms with Crippen molar-refractivity contribution >= 4 is 17.9 Å². The lowest BCUT2D eigenvalue weighted by atomic mass is 10.0. The van der Waals surface area contributed by atoms with Crippen LogP contribution in [-0.4, -0.2) is 37.2 Å². The molecule has 0 fully saturated rings. The summed E-state index contributed by atoms with van der Waals surface area (Å²) in [6.45, 7) is 6.64. The molecule has 0 aliphatic heterocycles. The Balaban J connectivity index is 4.26. The van der Waals surface area contributed by atoms with Gasteiger partial charge in [0, 0.05) is 19.3 Å². The summed E-state index contributed by atoms with van der Waals surface area (Å²) in [7, 11) is 0. The molecule has 0 aliphatic carbocycles. The summed E-state index contributed by atoms with van der Waals surface area (Å²) in [4.78, 5) is 38.3. The maximum Gasteiger partial charge on any atom is 0.306 e. The zero-order valence-corrected chi connectivity index (χ0v) is 51.2. The molecule has 0 spiro atoms. The van der Waals surface area contributed by atoms with Gasteiger partial charge in [0.25, 0.3) is 0 Å². The summed E-state index contributed by atoms with van der Waals surface area (Å²) in [5, 5.41) is 0. The van der Waals surface area contributed by atoms with Gasteiger partial charge >= 0.3 is 17.9 Å². The molecule has 6 nitrogen and oxygen atoms in total. The highest BCUT2D eigenvalue weighted by atomic mass is 16.6. The molecule has 0 amide bonds. The first-order valence-electron chi connectivity index (χ1n) is 33.4. The van der Waals surface area contributed by atoms with Crippen molar-refractivity contribution in [1.29, 1.82) is 0 Å². The van der Waals surface area contributed by atoms with Crippen LogP contribution in [0.5, 0.6) is 0 Å². The molecule has 0 heterocycles. The fourth-order valence-corrected chi connectivity index (χ4v) is 9.64. The first-order chi connectivity index (χ1) is 38.0. The summed E-state index contributed by atoms with van der Waals surface area (Å²) in [5.74, 6) is -0.878. The molecule has 0 N–H and O–H groups in total. The van der Waals surface area contributed by atoms with Gasteiger partial charge in [-0.1, -0.05) is 299 Å². The van der Waals surface area contributed by atoms with E-state index in [-0.39, 0.29) is 31.1 Å². The van der Waals surface area contributed by atoms with Gasteiger partial charge in [-0.25, -0.2) is 0 Å². The standard InChI is InChI=1S/C71H126O6/c1-4-7-10-13-16-19-22-24-26-28-30-32-33-34-35-36-37-39-40-42-44-46-49-52-55-58-61-64-70(73)76-67-68(66-75-69(72)63-60-57-54-51-48-21-18-15-12-9-6-3)77-71(74)65-62-59-56-53-50-47-45-43-41-38-31-29-27-25-23-20-17-14-11-8-5-2/h22-25,28-31,33-34,41,43,68H,4-21,26-27,32,35-40,42,44-67H2,1-3H3/b24-22-,25-23-,30-28-,31-29-,34-33-,43-41-. The number of carbonyl (C=O) groups is 3. The van der Waals surface area contributed by atoms with Gasteiger partial charge in [0.15, 0.2) is 6.10 Å². The van der Waals surface area contributed by atoms with Crippen LogP contribution in [0, 0.1) is 0 Å². The highest BCUT2D eigenvalue weighted by Crippen LogP contribution is 2.17. The molecule has 6 heteroatoms. The second-order valence-electron chi connectivity index (χ2n) is 22.4. The quantitative estimate of drug-likeness (QED) is 0.0261. The van der Waals surface area contributed by atoms with E-state index < -0.39 is 6.10 Å². The number of carbonyl (C=O) groups excluding carboxylic acids is 3. The van der Waals surface area contributed by atoms with Crippen LogP contribution in [0.4, 0.5) is 0 Å².